The molecule has 1 rings (SSSR count). The van der Waals surface area contributed by atoms with Gasteiger partial charge in [-0.25, -0.2) is 4.39 Å². The van der Waals surface area contributed by atoms with Gasteiger partial charge in [0.15, 0.2) is 0 Å². The second kappa shape index (κ2) is 4.69. The van der Waals surface area contributed by atoms with Gasteiger partial charge in [-0.3, -0.25) is 4.79 Å². The SMILES string of the molecule is Cc1cc(F)cc(NC(=O)C(C)(C)C(C)(C)N)c1. The van der Waals surface area contributed by atoms with Gasteiger partial charge < -0.3 is 11.1 Å². The molecule has 0 spiro atoms. The van der Waals surface area contributed by atoms with Crippen LogP contribution >= 0.6 is 0 Å². The summed E-state index contributed by atoms with van der Waals surface area (Å²) >= 11 is 0. The van der Waals surface area contributed by atoms with E-state index in [1.54, 1.807) is 40.7 Å². The van der Waals surface area contributed by atoms with Crippen molar-refractivity contribution in [1.29, 1.82) is 0 Å². The third-order valence-electron chi connectivity index (χ3n) is 3.48. The monoisotopic (exact) mass is 252 g/mol. The van der Waals surface area contributed by atoms with Gasteiger partial charge in [0, 0.05) is 11.2 Å². The van der Waals surface area contributed by atoms with E-state index in [0.717, 1.165) is 5.56 Å². The van der Waals surface area contributed by atoms with Crippen molar-refractivity contribution in [3.05, 3.63) is 29.6 Å². The Hall–Kier alpha value is -1.42. The summed E-state index contributed by atoms with van der Waals surface area (Å²) in [5.41, 5.74) is 5.78. The van der Waals surface area contributed by atoms with Crippen molar-refractivity contribution in [3.63, 3.8) is 0 Å². The molecule has 0 aliphatic rings. The minimum absolute atomic E-state index is 0.222. The van der Waals surface area contributed by atoms with Crippen LogP contribution in [0.25, 0.3) is 0 Å². The third kappa shape index (κ3) is 3.07. The first kappa shape index (κ1) is 14.6. The van der Waals surface area contributed by atoms with Crippen LogP contribution in [0.15, 0.2) is 18.2 Å². The maximum absolute atomic E-state index is 13.2. The molecular formula is C14H21FN2O. The van der Waals surface area contributed by atoms with Gasteiger partial charge in [0.2, 0.25) is 5.91 Å². The van der Waals surface area contributed by atoms with E-state index in [1.165, 1.54) is 12.1 Å². The van der Waals surface area contributed by atoms with Gasteiger partial charge in [-0.1, -0.05) is 0 Å². The number of anilines is 1. The number of carbonyl (C=O) groups is 1. The molecule has 0 heterocycles. The lowest BCUT2D eigenvalue weighted by Gasteiger charge is -2.36. The summed E-state index contributed by atoms with van der Waals surface area (Å²) in [7, 11) is 0. The van der Waals surface area contributed by atoms with E-state index < -0.39 is 11.0 Å². The van der Waals surface area contributed by atoms with Crippen molar-refractivity contribution in [2.45, 2.75) is 40.2 Å². The minimum atomic E-state index is -0.757. The highest BCUT2D eigenvalue weighted by Gasteiger charge is 2.40. The predicted octanol–water partition coefficient (Wildman–Crippen LogP) is 2.84. The fraction of sp³-hybridized carbons (Fsp3) is 0.500. The zero-order valence-corrected chi connectivity index (χ0v) is 11.6. The molecule has 0 atom stereocenters. The Bertz CT molecular complexity index is 441. The molecule has 0 fully saturated rings. The molecule has 0 unspecified atom stereocenters. The van der Waals surface area contributed by atoms with E-state index in [9.17, 15) is 9.18 Å². The topological polar surface area (TPSA) is 55.1 Å². The summed E-state index contributed by atoms with van der Waals surface area (Å²) in [6.07, 6.45) is 0. The van der Waals surface area contributed by atoms with Crippen LogP contribution in [-0.2, 0) is 4.79 Å². The lowest BCUT2D eigenvalue weighted by molar-refractivity contribution is -0.126. The molecule has 0 radical (unpaired) electrons. The van der Waals surface area contributed by atoms with Crippen molar-refractivity contribution in [3.8, 4) is 0 Å². The highest BCUT2D eigenvalue weighted by atomic mass is 19.1. The molecule has 0 aromatic heterocycles. The summed E-state index contributed by atoms with van der Waals surface area (Å²) in [5, 5.41) is 2.71. The predicted molar refractivity (Wildman–Crippen MR) is 71.8 cm³/mol. The number of nitrogens with one attached hydrogen (secondary N) is 1. The zero-order valence-electron chi connectivity index (χ0n) is 11.6. The van der Waals surface area contributed by atoms with Crippen molar-refractivity contribution in [2.24, 2.45) is 11.1 Å². The van der Waals surface area contributed by atoms with Gasteiger partial charge in [-0.05, 0) is 58.4 Å². The normalized spacial score (nSPS) is 12.4. The van der Waals surface area contributed by atoms with Crippen molar-refractivity contribution in [2.75, 3.05) is 5.32 Å². The van der Waals surface area contributed by atoms with Gasteiger partial charge in [0.25, 0.3) is 0 Å². The molecule has 3 N–H and O–H groups in total. The number of nitrogens with two attached hydrogens (primary N) is 1. The number of halogens is 1. The van der Waals surface area contributed by atoms with E-state index in [-0.39, 0.29) is 11.7 Å². The smallest absolute Gasteiger partial charge is 0.231 e. The van der Waals surface area contributed by atoms with Gasteiger partial charge in [-0.2, -0.15) is 0 Å². The van der Waals surface area contributed by atoms with Crippen molar-refractivity contribution < 1.29 is 9.18 Å². The van der Waals surface area contributed by atoms with E-state index in [0.29, 0.717) is 5.69 Å². The fourth-order valence-electron chi connectivity index (χ4n) is 1.39. The Morgan fingerprint density at radius 1 is 1.22 bits per heavy atom. The van der Waals surface area contributed by atoms with Crippen LogP contribution in [0.2, 0.25) is 0 Å². The number of hydrogen-bond donors (Lipinski definition) is 2. The van der Waals surface area contributed by atoms with Crippen LogP contribution in [0.3, 0.4) is 0 Å². The van der Waals surface area contributed by atoms with Gasteiger partial charge in [0.05, 0.1) is 5.41 Å². The fourth-order valence-corrected chi connectivity index (χ4v) is 1.39. The number of hydrogen-bond acceptors (Lipinski definition) is 2. The molecule has 0 bridgehead atoms. The van der Waals surface area contributed by atoms with Gasteiger partial charge in [-0.15, -0.1) is 0 Å². The number of amides is 1. The Balaban J connectivity index is 2.95. The maximum atomic E-state index is 13.2. The average Bonchev–Trinajstić information content (AvgIpc) is 2.13. The maximum Gasteiger partial charge on any atom is 0.231 e. The molecule has 0 aliphatic heterocycles. The second-order valence-electron chi connectivity index (χ2n) is 5.82. The molecule has 0 saturated carbocycles. The van der Waals surface area contributed by atoms with Crippen LogP contribution in [0, 0.1) is 18.2 Å². The van der Waals surface area contributed by atoms with E-state index in [1.807, 2.05) is 0 Å². The van der Waals surface area contributed by atoms with Crippen LogP contribution in [0.1, 0.15) is 33.3 Å². The van der Waals surface area contributed by atoms with Crippen LogP contribution in [-0.4, -0.2) is 11.4 Å². The summed E-state index contributed by atoms with van der Waals surface area (Å²) in [6.45, 7) is 8.91. The zero-order chi connectivity index (χ0) is 14.1. The lowest BCUT2D eigenvalue weighted by atomic mass is 9.74. The molecule has 1 amide bonds. The van der Waals surface area contributed by atoms with Crippen LogP contribution in [0.4, 0.5) is 10.1 Å². The Morgan fingerprint density at radius 3 is 2.22 bits per heavy atom. The number of carbonyl (C=O) groups excluding carboxylic acids is 1. The molecule has 100 valence electrons. The van der Waals surface area contributed by atoms with Crippen molar-refractivity contribution >= 4 is 11.6 Å². The molecule has 1 aromatic rings. The minimum Gasteiger partial charge on any atom is -0.325 e. The summed E-state index contributed by atoms with van der Waals surface area (Å²) in [4.78, 5) is 12.2. The Morgan fingerprint density at radius 2 is 1.78 bits per heavy atom. The summed E-state index contributed by atoms with van der Waals surface area (Å²) < 4.78 is 13.2. The third-order valence-corrected chi connectivity index (χ3v) is 3.48. The molecule has 18 heavy (non-hydrogen) atoms. The van der Waals surface area contributed by atoms with Crippen LogP contribution in [0.5, 0.6) is 0 Å². The van der Waals surface area contributed by atoms with Gasteiger partial charge >= 0.3 is 0 Å². The molecule has 1 aromatic carbocycles. The molecule has 0 aliphatic carbocycles. The summed E-state index contributed by atoms with van der Waals surface area (Å²) in [5.74, 6) is -0.588. The first-order valence-corrected chi connectivity index (χ1v) is 5.91. The van der Waals surface area contributed by atoms with Crippen LogP contribution < -0.4 is 11.1 Å². The largest absolute Gasteiger partial charge is 0.325 e. The van der Waals surface area contributed by atoms with Crippen molar-refractivity contribution in [1.82, 2.24) is 0 Å². The first-order chi connectivity index (χ1) is 8.04. The number of rotatable bonds is 3. The molecule has 0 saturated heterocycles. The van der Waals surface area contributed by atoms with E-state index >= 15 is 0 Å². The average molecular weight is 252 g/mol. The highest BCUT2D eigenvalue weighted by molar-refractivity contribution is 5.95. The standard InChI is InChI=1S/C14H21FN2O/c1-9-6-10(15)8-11(7-9)17-12(18)13(2,3)14(4,5)16/h6-8H,16H2,1-5H3,(H,17,18). The van der Waals surface area contributed by atoms with E-state index in [2.05, 4.69) is 5.32 Å². The Labute approximate surface area is 108 Å². The number of benzene rings is 1. The lowest BCUT2D eigenvalue weighted by Crippen LogP contribution is -2.53. The van der Waals surface area contributed by atoms with E-state index in [4.69, 9.17) is 5.73 Å². The van der Waals surface area contributed by atoms with Gasteiger partial charge in [0.1, 0.15) is 5.82 Å². The first-order valence-electron chi connectivity index (χ1n) is 5.91. The Kier molecular flexibility index (Phi) is 3.81. The highest BCUT2D eigenvalue weighted by Crippen LogP contribution is 2.30. The summed E-state index contributed by atoms with van der Waals surface area (Å²) in [6, 6.07) is 4.43. The second-order valence-corrected chi connectivity index (χ2v) is 5.82. The number of aryl methyl sites for hydroxylation is 1. The molecule has 3 nitrogen and oxygen atoms in total. The molecular weight excluding hydrogens is 231 g/mol. The quantitative estimate of drug-likeness (QED) is 0.869. The molecule has 4 heteroatoms.